The van der Waals surface area contributed by atoms with E-state index in [-0.39, 0.29) is 0 Å². The van der Waals surface area contributed by atoms with Crippen LogP contribution in [-0.4, -0.2) is 18.1 Å². The topological polar surface area (TPSA) is 28.2 Å². The number of anilines is 2. The van der Waals surface area contributed by atoms with E-state index < -0.39 is 0 Å². The number of nitrogens with zero attached hydrogens (tertiary/aromatic N) is 2. The van der Waals surface area contributed by atoms with E-state index in [9.17, 15) is 0 Å². The zero-order valence-electron chi connectivity index (χ0n) is 11.6. The molecular formula is C16H17Br2N3. The summed E-state index contributed by atoms with van der Waals surface area (Å²) in [6.45, 7) is 3.05. The fourth-order valence-corrected chi connectivity index (χ4v) is 3.67. The Morgan fingerprint density at radius 2 is 1.95 bits per heavy atom. The van der Waals surface area contributed by atoms with E-state index in [0.717, 1.165) is 20.3 Å². The normalized spacial score (nSPS) is 14.5. The molecule has 1 saturated heterocycles. The van der Waals surface area contributed by atoms with Crippen molar-refractivity contribution in [2.24, 2.45) is 0 Å². The first-order valence-corrected chi connectivity index (χ1v) is 8.70. The summed E-state index contributed by atoms with van der Waals surface area (Å²) in [5.41, 5.74) is 3.45. The minimum atomic E-state index is 0.706. The van der Waals surface area contributed by atoms with E-state index in [1.54, 1.807) is 0 Å². The molecule has 5 heteroatoms. The molecule has 1 aliphatic heterocycles. The molecule has 1 aromatic carbocycles. The van der Waals surface area contributed by atoms with Gasteiger partial charge in [-0.25, -0.2) is 0 Å². The SMILES string of the molecule is Brc1cnc(CNc2cccc(N3CCCC3)c2)c(Br)c1. The van der Waals surface area contributed by atoms with Gasteiger partial charge in [0.2, 0.25) is 0 Å². The Kier molecular flexibility index (Phi) is 4.80. The van der Waals surface area contributed by atoms with Crippen molar-refractivity contribution in [2.75, 3.05) is 23.3 Å². The van der Waals surface area contributed by atoms with Crippen LogP contribution >= 0.6 is 31.9 Å². The Hall–Kier alpha value is -1.07. The van der Waals surface area contributed by atoms with Gasteiger partial charge in [-0.3, -0.25) is 4.98 Å². The number of nitrogens with one attached hydrogen (secondary N) is 1. The molecule has 3 nitrogen and oxygen atoms in total. The van der Waals surface area contributed by atoms with Crippen molar-refractivity contribution in [3.63, 3.8) is 0 Å². The average Bonchev–Trinajstić information content (AvgIpc) is 3.01. The molecule has 0 bridgehead atoms. The van der Waals surface area contributed by atoms with E-state index in [1.165, 1.54) is 31.6 Å². The van der Waals surface area contributed by atoms with Gasteiger partial charge in [0.1, 0.15) is 0 Å². The molecule has 1 N–H and O–H groups in total. The van der Waals surface area contributed by atoms with Crippen LogP contribution < -0.4 is 10.2 Å². The van der Waals surface area contributed by atoms with E-state index in [1.807, 2.05) is 12.3 Å². The summed E-state index contributed by atoms with van der Waals surface area (Å²) in [5, 5.41) is 3.45. The van der Waals surface area contributed by atoms with Gasteiger partial charge in [0, 0.05) is 39.6 Å². The molecule has 2 heterocycles. The molecule has 0 radical (unpaired) electrons. The maximum Gasteiger partial charge on any atom is 0.0737 e. The van der Waals surface area contributed by atoms with Crippen LogP contribution in [0.5, 0.6) is 0 Å². The van der Waals surface area contributed by atoms with Gasteiger partial charge in [-0.05, 0) is 69.0 Å². The second-order valence-corrected chi connectivity index (χ2v) is 6.95. The highest BCUT2D eigenvalue weighted by Gasteiger charge is 2.12. The number of halogens is 2. The van der Waals surface area contributed by atoms with Crippen LogP contribution in [0.3, 0.4) is 0 Å². The zero-order valence-corrected chi connectivity index (χ0v) is 14.8. The first-order chi connectivity index (χ1) is 10.2. The standard InChI is InChI=1S/C16H17Br2N3/c17-12-8-15(18)16(20-10-12)11-19-13-4-3-5-14(9-13)21-6-1-2-7-21/h3-5,8-10,19H,1-2,6-7,11H2. The number of benzene rings is 1. The Bertz CT molecular complexity index is 625. The Morgan fingerprint density at radius 1 is 1.14 bits per heavy atom. The van der Waals surface area contributed by atoms with Crippen molar-refractivity contribution in [1.82, 2.24) is 4.98 Å². The third-order valence-electron chi connectivity index (χ3n) is 3.66. The Morgan fingerprint density at radius 3 is 2.71 bits per heavy atom. The first kappa shape index (κ1) is 14.9. The van der Waals surface area contributed by atoms with E-state index in [2.05, 4.69) is 71.3 Å². The fourth-order valence-electron chi connectivity index (χ4n) is 2.55. The lowest BCUT2D eigenvalue weighted by Gasteiger charge is -2.18. The van der Waals surface area contributed by atoms with Crippen molar-refractivity contribution in [1.29, 1.82) is 0 Å². The van der Waals surface area contributed by atoms with Gasteiger partial charge in [0.15, 0.2) is 0 Å². The van der Waals surface area contributed by atoms with Crippen LogP contribution in [0.25, 0.3) is 0 Å². The van der Waals surface area contributed by atoms with Crippen molar-refractivity contribution >= 4 is 43.2 Å². The minimum absolute atomic E-state index is 0.706. The average molecular weight is 411 g/mol. The lowest BCUT2D eigenvalue weighted by molar-refractivity contribution is 0.949. The molecular weight excluding hydrogens is 394 g/mol. The van der Waals surface area contributed by atoms with Crippen molar-refractivity contribution < 1.29 is 0 Å². The highest BCUT2D eigenvalue weighted by molar-refractivity contribution is 9.11. The molecule has 0 amide bonds. The number of pyridine rings is 1. The number of hydrogen-bond acceptors (Lipinski definition) is 3. The predicted molar refractivity (Wildman–Crippen MR) is 94.9 cm³/mol. The molecule has 0 saturated carbocycles. The van der Waals surface area contributed by atoms with Gasteiger partial charge in [0.25, 0.3) is 0 Å². The molecule has 1 aromatic heterocycles. The molecule has 0 unspecified atom stereocenters. The molecule has 2 aromatic rings. The van der Waals surface area contributed by atoms with Gasteiger partial charge in [0.05, 0.1) is 12.2 Å². The molecule has 0 spiro atoms. The van der Waals surface area contributed by atoms with Gasteiger partial charge in [-0.1, -0.05) is 6.07 Å². The van der Waals surface area contributed by atoms with Crippen LogP contribution in [-0.2, 0) is 6.54 Å². The van der Waals surface area contributed by atoms with Crippen LogP contribution in [0.2, 0.25) is 0 Å². The fraction of sp³-hybridized carbons (Fsp3) is 0.312. The molecule has 21 heavy (non-hydrogen) atoms. The maximum atomic E-state index is 4.43. The first-order valence-electron chi connectivity index (χ1n) is 7.11. The summed E-state index contributed by atoms with van der Waals surface area (Å²) >= 11 is 6.97. The zero-order chi connectivity index (χ0) is 14.7. The second kappa shape index (κ2) is 6.79. The van der Waals surface area contributed by atoms with Crippen LogP contribution in [0.1, 0.15) is 18.5 Å². The van der Waals surface area contributed by atoms with Gasteiger partial charge in [-0.2, -0.15) is 0 Å². The highest BCUT2D eigenvalue weighted by atomic mass is 79.9. The second-order valence-electron chi connectivity index (χ2n) is 5.18. The minimum Gasteiger partial charge on any atom is -0.379 e. The largest absolute Gasteiger partial charge is 0.379 e. The van der Waals surface area contributed by atoms with Crippen molar-refractivity contribution in [3.05, 3.63) is 51.2 Å². The lowest BCUT2D eigenvalue weighted by Crippen LogP contribution is -2.17. The van der Waals surface area contributed by atoms with Gasteiger partial charge < -0.3 is 10.2 Å². The predicted octanol–water partition coefficient (Wildman–Crippen LogP) is 4.82. The number of rotatable bonds is 4. The summed E-state index contributed by atoms with van der Waals surface area (Å²) in [5.74, 6) is 0. The smallest absolute Gasteiger partial charge is 0.0737 e. The monoisotopic (exact) mass is 409 g/mol. The van der Waals surface area contributed by atoms with E-state index >= 15 is 0 Å². The van der Waals surface area contributed by atoms with E-state index in [0.29, 0.717) is 6.54 Å². The number of hydrogen-bond donors (Lipinski definition) is 1. The summed E-state index contributed by atoms with van der Waals surface area (Å²) in [6, 6.07) is 10.6. The third-order valence-corrected chi connectivity index (χ3v) is 4.78. The van der Waals surface area contributed by atoms with Gasteiger partial charge >= 0.3 is 0 Å². The van der Waals surface area contributed by atoms with Crippen LogP contribution in [0, 0.1) is 0 Å². The molecule has 1 aliphatic rings. The van der Waals surface area contributed by atoms with Crippen LogP contribution in [0.4, 0.5) is 11.4 Å². The highest BCUT2D eigenvalue weighted by Crippen LogP contribution is 2.24. The summed E-state index contributed by atoms with van der Waals surface area (Å²) in [4.78, 5) is 6.87. The molecule has 3 rings (SSSR count). The molecule has 110 valence electrons. The van der Waals surface area contributed by atoms with E-state index in [4.69, 9.17) is 0 Å². The van der Waals surface area contributed by atoms with Crippen LogP contribution in [0.15, 0.2) is 45.5 Å². The third kappa shape index (κ3) is 3.77. The Balaban J connectivity index is 1.68. The van der Waals surface area contributed by atoms with Gasteiger partial charge in [-0.15, -0.1) is 0 Å². The summed E-state index contributed by atoms with van der Waals surface area (Å²) < 4.78 is 1.99. The summed E-state index contributed by atoms with van der Waals surface area (Å²) in [6.07, 6.45) is 4.42. The van der Waals surface area contributed by atoms with Crippen molar-refractivity contribution in [3.8, 4) is 0 Å². The lowest BCUT2D eigenvalue weighted by atomic mass is 10.2. The quantitative estimate of drug-likeness (QED) is 0.783. The number of aromatic nitrogens is 1. The maximum absolute atomic E-state index is 4.43. The van der Waals surface area contributed by atoms with Crippen molar-refractivity contribution in [2.45, 2.75) is 19.4 Å². The molecule has 0 aliphatic carbocycles. The molecule has 1 fully saturated rings. The molecule has 0 atom stereocenters. The Labute approximate surface area is 142 Å². The summed E-state index contributed by atoms with van der Waals surface area (Å²) in [7, 11) is 0.